The molecule has 8 nitrogen and oxygen atoms in total. The van der Waals surface area contributed by atoms with Gasteiger partial charge in [-0.3, -0.25) is 9.48 Å². The van der Waals surface area contributed by atoms with Crippen molar-refractivity contribution in [3.63, 3.8) is 0 Å². The Morgan fingerprint density at radius 3 is 2.61 bits per heavy atom. The molecule has 3 aromatic heterocycles. The molecule has 1 amide bonds. The summed E-state index contributed by atoms with van der Waals surface area (Å²) in [7, 11) is 1.82. The van der Waals surface area contributed by atoms with Gasteiger partial charge in [-0.05, 0) is 43.3 Å². The lowest BCUT2D eigenvalue weighted by atomic mass is 9.80. The normalized spacial score (nSPS) is 13.0. The topological polar surface area (TPSA) is 90.5 Å². The third-order valence-electron chi connectivity index (χ3n) is 5.01. The molecule has 1 unspecified atom stereocenters. The number of nitrogens with one attached hydrogen (secondary N) is 1. The number of nitrogens with zero attached hydrogens (tertiary/aromatic N) is 6. The second-order valence-corrected chi connectivity index (χ2v) is 7.65. The van der Waals surface area contributed by atoms with E-state index in [0.29, 0.717) is 16.5 Å². The van der Waals surface area contributed by atoms with Gasteiger partial charge in [0.25, 0.3) is 5.91 Å². The van der Waals surface area contributed by atoms with E-state index in [9.17, 15) is 9.18 Å². The number of benzene rings is 1. The maximum Gasteiger partial charge on any atom is 0.273 e. The van der Waals surface area contributed by atoms with Crippen LogP contribution >= 0.6 is 11.6 Å². The molecule has 0 fully saturated rings. The number of hydrogen-bond acceptors (Lipinski definition) is 5. The van der Waals surface area contributed by atoms with E-state index in [1.54, 1.807) is 16.9 Å². The van der Waals surface area contributed by atoms with Crippen LogP contribution in [0.1, 0.15) is 28.7 Å². The van der Waals surface area contributed by atoms with Crippen molar-refractivity contribution < 1.29 is 9.18 Å². The largest absolute Gasteiger partial charge is 0.349 e. The minimum Gasteiger partial charge on any atom is -0.349 e. The molecular formula is C21H19ClFN7O. The Kier molecular flexibility index (Phi) is 5.51. The molecule has 0 bridgehead atoms. The molecule has 0 spiro atoms. The molecular weight excluding hydrogens is 421 g/mol. The lowest BCUT2D eigenvalue weighted by Crippen LogP contribution is -2.40. The number of pyridine rings is 1. The molecule has 158 valence electrons. The average Bonchev–Trinajstić information content (AvgIpc) is 3.42. The fraction of sp³-hybridized carbons (Fsp3) is 0.190. The molecule has 1 aromatic carbocycles. The van der Waals surface area contributed by atoms with Crippen LogP contribution in [0.2, 0.25) is 5.15 Å². The van der Waals surface area contributed by atoms with Crippen LogP contribution in [0.15, 0.2) is 61.1 Å². The number of halogens is 2. The highest BCUT2D eigenvalue weighted by molar-refractivity contribution is 6.29. The van der Waals surface area contributed by atoms with E-state index >= 15 is 0 Å². The predicted octanol–water partition coefficient (Wildman–Crippen LogP) is 2.92. The summed E-state index contributed by atoms with van der Waals surface area (Å²) in [5.41, 5.74) is 1.57. The van der Waals surface area contributed by atoms with E-state index in [1.165, 1.54) is 35.3 Å². The van der Waals surface area contributed by atoms with Crippen LogP contribution in [0.5, 0.6) is 0 Å². The Bertz CT molecular complexity index is 1220. The van der Waals surface area contributed by atoms with E-state index < -0.39 is 11.3 Å². The van der Waals surface area contributed by atoms with Crippen molar-refractivity contribution in [3.8, 4) is 5.69 Å². The van der Waals surface area contributed by atoms with Gasteiger partial charge in [0.2, 0.25) is 0 Å². The second-order valence-electron chi connectivity index (χ2n) is 7.26. The molecule has 0 radical (unpaired) electrons. The van der Waals surface area contributed by atoms with Crippen LogP contribution in [0.4, 0.5) is 4.39 Å². The van der Waals surface area contributed by atoms with Crippen LogP contribution in [0.25, 0.3) is 5.69 Å². The van der Waals surface area contributed by atoms with Gasteiger partial charge >= 0.3 is 0 Å². The van der Waals surface area contributed by atoms with Gasteiger partial charge in [-0.2, -0.15) is 15.0 Å². The van der Waals surface area contributed by atoms with Crippen LogP contribution in [0.3, 0.4) is 0 Å². The molecule has 31 heavy (non-hydrogen) atoms. The molecule has 1 N–H and O–H groups in total. The first-order valence-corrected chi connectivity index (χ1v) is 9.81. The smallest absolute Gasteiger partial charge is 0.273 e. The fourth-order valence-electron chi connectivity index (χ4n) is 3.18. The van der Waals surface area contributed by atoms with Crippen molar-refractivity contribution in [2.24, 2.45) is 7.05 Å². The Labute approximate surface area is 182 Å². The summed E-state index contributed by atoms with van der Waals surface area (Å²) < 4.78 is 14.8. The summed E-state index contributed by atoms with van der Waals surface area (Å²) in [5.74, 6) is -0.760. The first-order valence-electron chi connectivity index (χ1n) is 9.44. The number of aryl methyl sites for hydroxylation is 1. The van der Waals surface area contributed by atoms with Gasteiger partial charge in [-0.25, -0.2) is 9.37 Å². The number of amides is 1. The van der Waals surface area contributed by atoms with E-state index in [0.717, 1.165) is 5.56 Å². The monoisotopic (exact) mass is 439 g/mol. The number of carbonyl (C=O) groups is 1. The van der Waals surface area contributed by atoms with Gasteiger partial charge in [-0.15, -0.1) is 5.10 Å². The number of rotatable bonds is 6. The van der Waals surface area contributed by atoms with Gasteiger partial charge in [0.1, 0.15) is 11.0 Å². The quantitative estimate of drug-likeness (QED) is 0.466. The van der Waals surface area contributed by atoms with Crippen molar-refractivity contribution in [1.29, 1.82) is 0 Å². The van der Waals surface area contributed by atoms with Crippen molar-refractivity contribution in [1.82, 2.24) is 35.1 Å². The number of hydrogen-bond donors (Lipinski definition) is 1. The van der Waals surface area contributed by atoms with Crippen LogP contribution < -0.4 is 5.32 Å². The third-order valence-corrected chi connectivity index (χ3v) is 5.22. The van der Waals surface area contributed by atoms with E-state index in [2.05, 4.69) is 25.6 Å². The zero-order valence-electron chi connectivity index (χ0n) is 16.8. The summed E-state index contributed by atoms with van der Waals surface area (Å²) in [6.07, 6.45) is 4.97. The van der Waals surface area contributed by atoms with Gasteiger partial charge in [0.05, 0.1) is 29.2 Å². The third kappa shape index (κ3) is 4.31. The summed E-state index contributed by atoms with van der Waals surface area (Å²) in [6.45, 7) is 2.19. The lowest BCUT2D eigenvalue weighted by molar-refractivity contribution is 0.0941. The Morgan fingerprint density at radius 2 is 1.94 bits per heavy atom. The average molecular weight is 440 g/mol. The predicted molar refractivity (Wildman–Crippen MR) is 113 cm³/mol. The Hall–Kier alpha value is -3.59. The summed E-state index contributed by atoms with van der Waals surface area (Å²) in [4.78, 5) is 18.5. The second kappa shape index (κ2) is 8.27. The highest BCUT2D eigenvalue weighted by Gasteiger charge is 2.33. The minimum absolute atomic E-state index is 0.136. The SMILES string of the molecule is Cn1cc(C(C)(CNC(=O)c2cnn(-c3ccc(F)cc3)n2)c2cccc(Cl)n2)cn1. The van der Waals surface area contributed by atoms with Crippen LogP contribution in [-0.4, -0.2) is 42.2 Å². The minimum atomic E-state index is -0.679. The Morgan fingerprint density at radius 1 is 1.16 bits per heavy atom. The van der Waals surface area contributed by atoms with Crippen LogP contribution in [-0.2, 0) is 12.5 Å². The van der Waals surface area contributed by atoms with Gasteiger partial charge in [-0.1, -0.05) is 17.7 Å². The summed E-state index contributed by atoms with van der Waals surface area (Å²) >= 11 is 6.11. The molecule has 3 heterocycles. The fourth-order valence-corrected chi connectivity index (χ4v) is 3.34. The van der Waals surface area contributed by atoms with Crippen molar-refractivity contribution in [2.75, 3.05) is 6.54 Å². The van der Waals surface area contributed by atoms with Gasteiger partial charge in [0, 0.05) is 25.4 Å². The summed E-state index contributed by atoms with van der Waals surface area (Å²) in [5, 5.41) is 15.8. The highest BCUT2D eigenvalue weighted by atomic mass is 35.5. The zero-order chi connectivity index (χ0) is 22.0. The zero-order valence-corrected chi connectivity index (χ0v) is 17.6. The van der Waals surface area contributed by atoms with E-state index in [4.69, 9.17) is 11.6 Å². The van der Waals surface area contributed by atoms with E-state index in [1.807, 2.05) is 32.3 Å². The molecule has 4 aromatic rings. The first kappa shape index (κ1) is 20.7. The lowest BCUT2D eigenvalue weighted by Gasteiger charge is -2.28. The first-order chi connectivity index (χ1) is 14.8. The molecule has 1 atom stereocenters. The number of carbonyl (C=O) groups excluding carboxylic acids is 1. The standard InChI is InChI=1S/C21H19ClFN7O/c1-21(14-10-25-29(2)12-14,18-4-3-5-19(22)27-18)13-24-20(31)17-11-26-30(28-17)16-8-6-15(23)7-9-16/h3-12H,13H2,1-2H3,(H,24,31). The molecule has 0 aliphatic heterocycles. The van der Waals surface area contributed by atoms with E-state index in [-0.39, 0.29) is 18.1 Å². The molecule has 0 saturated carbocycles. The van der Waals surface area contributed by atoms with Crippen molar-refractivity contribution >= 4 is 17.5 Å². The van der Waals surface area contributed by atoms with Gasteiger partial charge < -0.3 is 5.32 Å². The summed E-state index contributed by atoms with van der Waals surface area (Å²) in [6, 6.07) is 11.0. The van der Waals surface area contributed by atoms with Crippen molar-refractivity contribution in [2.45, 2.75) is 12.3 Å². The molecule has 0 aliphatic carbocycles. The highest BCUT2D eigenvalue weighted by Crippen LogP contribution is 2.30. The maximum atomic E-state index is 13.1. The molecule has 0 aliphatic rings. The molecule has 10 heteroatoms. The Balaban J connectivity index is 1.56. The maximum absolute atomic E-state index is 13.1. The molecule has 0 saturated heterocycles. The van der Waals surface area contributed by atoms with Crippen LogP contribution in [0, 0.1) is 5.82 Å². The number of aromatic nitrogens is 6. The van der Waals surface area contributed by atoms with Crippen molar-refractivity contribution in [3.05, 3.63) is 89.0 Å². The van der Waals surface area contributed by atoms with Gasteiger partial charge in [0.15, 0.2) is 5.69 Å². The molecule has 4 rings (SSSR count).